The number of carbonyl (C=O) groups is 1. The number of ether oxygens (including phenoxy) is 2. The molecule has 2 N–H and O–H groups in total. The Balaban J connectivity index is 2.02. The van der Waals surface area contributed by atoms with Gasteiger partial charge in [0.25, 0.3) is 5.91 Å². The number of carbonyl (C=O) groups excluding carboxylic acids is 1. The third-order valence-corrected chi connectivity index (χ3v) is 4.36. The van der Waals surface area contributed by atoms with Crippen LogP contribution in [0.15, 0.2) is 47.5 Å². The summed E-state index contributed by atoms with van der Waals surface area (Å²) in [6.45, 7) is 6.42. The molecule has 0 heterocycles. The maximum absolute atomic E-state index is 12.0. The van der Waals surface area contributed by atoms with Crippen molar-refractivity contribution in [2.45, 2.75) is 26.9 Å². The van der Waals surface area contributed by atoms with Crippen LogP contribution >= 0.6 is 0 Å². The van der Waals surface area contributed by atoms with Crippen LogP contribution in [0.5, 0.6) is 11.5 Å². The maximum Gasteiger partial charge on any atom is 0.253 e. The Morgan fingerprint density at radius 3 is 2.30 bits per heavy atom. The molecule has 0 unspecified atom stereocenters. The van der Waals surface area contributed by atoms with Gasteiger partial charge in [-0.15, -0.1) is 0 Å². The van der Waals surface area contributed by atoms with Gasteiger partial charge >= 0.3 is 0 Å². The minimum Gasteiger partial charge on any atom is -0.493 e. The lowest BCUT2D eigenvalue weighted by Crippen LogP contribution is -2.36. The lowest BCUT2D eigenvalue weighted by atomic mass is 10.1. The lowest BCUT2D eigenvalue weighted by molar-refractivity contribution is 0.0827. The van der Waals surface area contributed by atoms with Gasteiger partial charge in [-0.05, 0) is 49.2 Å². The van der Waals surface area contributed by atoms with Crippen LogP contribution in [0.3, 0.4) is 0 Å². The van der Waals surface area contributed by atoms with E-state index in [2.05, 4.69) is 15.6 Å². The van der Waals surface area contributed by atoms with Crippen molar-refractivity contribution in [3.05, 3.63) is 59.2 Å². The monoisotopic (exact) mass is 412 g/mol. The number of hydrogen-bond acceptors (Lipinski definition) is 4. The van der Waals surface area contributed by atoms with Crippen molar-refractivity contribution in [1.29, 1.82) is 0 Å². The fourth-order valence-corrected chi connectivity index (χ4v) is 2.81. The zero-order valence-corrected chi connectivity index (χ0v) is 18.5. The smallest absolute Gasteiger partial charge is 0.253 e. The molecule has 2 aromatic carbocycles. The number of benzene rings is 2. The average Bonchev–Trinajstić information content (AvgIpc) is 2.76. The third kappa shape index (κ3) is 6.69. The number of hydrogen-bond donors (Lipinski definition) is 2. The molecule has 0 aliphatic carbocycles. The average molecular weight is 413 g/mol. The first-order valence-corrected chi connectivity index (χ1v) is 10.1. The van der Waals surface area contributed by atoms with Crippen LogP contribution in [-0.2, 0) is 13.1 Å². The van der Waals surface area contributed by atoms with Crippen LogP contribution in [0.25, 0.3) is 0 Å². The van der Waals surface area contributed by atoms with Crippen LogP contribution in [-0.4, -0.2) is 51.1 Å². The Labute approximate surface area is 179 Å². The Bertz CT molecular complexity index is 848. The Morgan fingerprint density at radius 1 is 1.00 bits per heavy atom. The second-order valence-corrected chi connectivity index (χ2v) is 6.86. The predicted molar refractivity (Wildman–Crippen MR) is 120 cm³/mol. The molecule has 7 nitrogen and oxygen atoms in total. The predicted octanol–water partition coefficient (Wildman–Crippen LogP) is 3.05. The van der Waals surface area contributed by atoms with Crippen LogP contribution in [0.1, 0.15) is 35.3 Å². The number of guanidine groups is 1. The molecule has 30 heavy (non-hydrogen) atoms. The van der Waals surface area contributed by atoms with Crippen LogP contribution in [0, 0.1) is 0 Å². The minimum absolute atomic E-state index is 0.00433. The Kier molecular flexibility index (Phi) is 9.00. The maximum atomic E-state index is 12.0. The van der Waals surface area contributed by atoms with Gasteiger partial charge in [0.15, 0.2) is 17.5 Å². The first-order chi connectivity index (χ1) is 14.5. The standard InChI is InChI=1S/C23H32N4O3/c1-6-24-23(25-15-17-8-11-19(12-9-17)22(28)27(3)4)26-16-18-10-13-20(29-5)21(14-18)30-7-2/h8-14H,6-7,15-16H2,1-5H3,(H2,24,25,26). The molecule has 1 amide bonds. The molecular formula is C23H32N4O3. The van der Waals surface area contributed by atoms with E-state index >= 15 is 0 Å². The van der Waals surface area contributed by atoms with Gasteiger partial charge in [-0.2, -0.15) is 0 Å². The molecule has 0 aromatic heterocycles. The second kappa shape index (κ2) is 11.7. The van der Waals surface area contributed by atoms with E-state index in [0.717, 1.165) is 29.4 Å². The summed E-state index contributed by atoms with van der Waals surface area (Å²) in [5.74, 6) is 2.15. The molecule has 2 aromatic rings. The van der Waals surface area contributed by atoms with Crippen molar-refractivity contribution in [2.24, 2.45) is 4.99 Å². The number of amides is 1. The van der Waals surface area contributed by atoms with E-state index in [1.165, 1.54) is 0 Å². The van der Waals surface area contributed by atoms with Crippen molar-refractivity contribution in [2.75, 3.05) is 34.4 Å². The van der Waals surface area contributed by atoms with Crippen molar-refractivity contribution in [3.63, 3.8) is 0 Å². The molecule has 7 heteroatoms. The van der Waals surface area contributed by atoms with Gasteiger partial charge in [0.2, 0.25) is 0 Å². The van der Waals surface area contributed by atoms with Crippen molar-refractivity contribution in [1.82, 2.24) is 15.5 Å². The largest absolute Gasteiger partial charge is 0.493 e. The number of nitrogens with one attached hydrogen (secondary N) is 2. The van der Waals surface area contributed by atoms with E-state index in [-0.39, 0.29) is 5.91 Å². The highest BCUT2D eigenvalue weighted by Crippen LogP contribution is 2.28. The molecule has 0 saturated carbocycles. The molecule has 0 aliphatic rings. The summed E-state index contributed by atoms with van der Waals surface area (Å²) in [7, 11) is 5.13. The van der Waals surface area contributed by atoms with Crippen molar-refractivity contribution >= 4 is 11.9 Å². The van der Waals surface area contributed by atoms with E-state index in [9.17, 15) is 4.79 Å². The van der Waals surface area contributed by atoms with Crippen molar-refractivity contribution < 1.29 is 14.3 Å². The highest BCUT2D eigenvalue weighted by molar-refractivity contribution is 5.93. The zero-order chi connectivity index (χ0) is 21.9. The summed E-state index contributed by atoms with van der Waals surface area (Å²) >= 11 is 0. The molecular weight excluding hydrogens is 380 g/mol. The fourth-order valence-electron chi connectivity index (χ4n) is 2.81. The van der Waals surface area contributed by atoms with E-state index in [1.54, 1.807) is 26.1 Å². The molecule has 0 radical (unpaired) electrons. The summed E-state index contributed by atoms with van der Waals surface area (Å²) in [6.07, 6.45) is 0. The van der Waals surface area contributed by atoms with E-state index < -0.39 is 0 Å². The molecule has 2 rings (SSSR count). The van der Waals surface area contributed by atoms with Gasteiger partial charge in [-0.25, -0.2) is 4.99 Å². The van der Waals surface area contributed by atoms with Gasteiger partial charge in [-0.3, -0.25) is 4.79 Å². The van der Waals surface area contributed by atoms with E-state index in [1.807, 2.05) is 56.3 Å². The molecule has 0 saturated heterocycles. The van der Waals surface area contributed by atoms with Crippen LogP contribution in [0.4, 0.5) is 0 Å². The van der Waals surface area contributed by atoms with Gasteiger partial charge in [-0.1, -0.05) is 18.2 Å². The number of aliphatic imine (C=N–C) groups is 1. The zero-order valence-electron chi connectivity index (χ0n) is 18.5. The van der Waals surface area contributed by atoms with Gasteiger partial charge < -0.3 is 25.0 Å². The third-order valence-electron chi connectivity index (χ3n) is 4.36. The van der Waals surface area contributed by atoms with E-state index in [4.69, 9.17) is 9.47 Å². The number of rotatable bonds is 9. The summed E-state index contributed by atoms with van der Waals surface area (Å²) in [5, 5.41) is 6.58. The normalized spacial score (nSPS) is 11.0. The SMILES string of the molecule is CCNC(=NCc1ccc(OC)c(OCC)c1)NCc1ccc(C(=O)N(C)C)cc1. The summed E-state index contributed by atoms with van der Waals surface area (Å²) in [5.41, 5.74) is 2.77. The van der Waals surface area contributed by atoms with Crippen LogP contribution in [0.2, 0.25) is 0 Å². The Morgan fingerprint density at radius 2 is 1.70 bits per heavy atom. The molecule has 0 aliphatic heterocycles. The number of nitrogens with zero attached hydrogens (tertiary/aromatic N) is 2. The van der Waals surface area contributed by atoms with Crippen molar-refractivity contribution in [3.8, 4) is 11.5 Å². The molecule has 0 spiro atoms. The van der Waals surface area contributed by atoms with Crippen LogP contribution < -0.4 is 20.1 Å². The quantitative estimate of drug-likeness (QED) is 0.489. The fraction of sp³-hybridized carbons (Fsp3) is 0.391. The summed E-state index contributed by atoms with van der Waals surface area (Å²) in [4.78, 5) is 18.2. The van der Waals surface area contributed by atoms with Gasteiger partial charge in [0.1, 0.15) is 0 Å². The lowest BCUT2D eigenvalue weighted by Gasteiger charge is -2.13. The second-order valence-electron chi connectivity index (χ2n) is 6.86. The molecule has 0 bridgehead atoms. The first kappa shape index (κ1) is 23.1. The highest BCUT2D eigenvalue weighted by atomic mass is 16.5. The first-order valence-electron chi connectivity index (χ1n) is 10.1. The Hall–Kier alpha value is -3.22. The van der Waals surface area contributed by atoms with Gasteiger partial charge in [0, 0.05) is 32.7 Å². The topological polar surface area (TPSA) is 75.2 Å². The molecule has 162 valence electrons. The summed E-state index contributed by atoms with van der Waals surface area (Å²) in [6, 6.07) is 13.4. The number of methoxy groups -OCH3 is 1. The minimum atomic E-state index is -0.00433. The summed E-state index contributed by atoms with van der Waals surface area (Å²) < 4.78 is 11.0. The molecule has 0 atom stereocenters. The van der Waals surface area contributed by atoms with E-state index in [0.29, 0.717) is 31.0 Å². The van der Waals surface area contributed by atoms with Gasteiger partial charge in [0.05, 0.1) is 20.3 Å². The molecule has 0 fully saturated rings. The highest BCUT2D eigenvalue weighted by Gasteiger charge is 2.08.